The molecule has 1 N–H and O–H groups in total. The molecule has 1 unspecified atom stereocenters. The molecule has 0 spiro atoms. The predicted molar refractivity (Wildman–Crippen MR) is 159 cm³/mol. The van der Waals surface area contributed by atoms with Crippen LogP contribution in [-0.4, -0.2) is 43.0 Å². The Morgan fingerprint density at radius 1 is 0.950 bits per heavy atom. The molecule has 0 heterocycles. The Hall–Kier alpha value is -3.77. The first-order valence-electron chi connectivity index (χ1n) is 13.8. The molecule has 0 radical (unpaired) electrons. The van der Waals surface area contributed by atoms with Gasteiger partial charge < -0.3 is 19.7 Å². The highest BCUT2D eigenvalue weighted by Gasteiger charge is 2.30. The van der Waals surface area contributed by atoms with E-state index in [1.165, 1.54) is 18.4 Å². The third kappa shape index (κ3) is 8.62. The highest BCUT2D eigenvalue weighted by Crippen LogP contribution is 2.24. The van der Waals surface area contributed by atoms with Gasteiger partial charge in [-0.05, 0) is 67.5 Å². The number of nitrogens with zero attached hydrogens (tertiary/aromatic N) is 1. The van der Waals surface area contributed by atoms with E-state index in [2.05, 4.69) is 11.4 Å². The van der Waals surface area contributed by atoms with Gasteiger partial charge in [-0.3, -0.25) is 9.59 Å². The maximum atomic E-state index is 13.8. The monoisotopic (exact) mass is 560 g/mol. The lowest BCUT2D eigenvalue weighted by atomic mass is 9.97. The molecule has 0 saturated heterocycles. The molecule has 1 atom stereocenters. The van der Waals surface area contributed by atoms with Crippen LogP contribution in [0.25, 0.3) is 0 Å². The number of methoxy groups -OCH3 is 1. The number of halogens is 1. The largest absolute Gasteiger partial charge is 0.497 e. The number of benzene rings is 3. The molecular weight excluding hydrogens is 524 g/mol. The normalized spacial score (nSPS) is 13.6. The van der Waals surface area contributed by atoms with Crippen LogP contribution in [0.5, 0.6) is 11.5 Å². The lowest BCUT2D eigenvalue weighted by molar-refractivity contribution is -0.142. The Morgan fingerprint density at radius 3 is 2.40 bits per heavy atom. The van der Waals surface area contributed by atoms with Gasteiger partial charge in [-0.2, -0.15) is 0 Å². The number of carbonyl (C=O) groups excluding carboxylic acids is 2. The summed E-state index contributed by atoms with van der Waals surface area (Å²) in [4.78, 5) is 29.1. The van der Waals surface area contributed by atoms with Gasteiger partial charge in [0.25, 0.3) is 5.91 Å². The zero-order valence-electron chi connectivity index (χ0n) is 23.0. The van der Waals surface area contributed by atoms with Gasteiger partial charge in [0.1, 0.15) is 17.5 Å². The first kappa shape index (κ1) is 29.2. The zero-order chi connectivity index (χ0) is 28.2. The minimum absolute atomic E-state index is 0.181. The molecule has 1 aliphatic rings. The summed E-state index contributed by atoms with van der Waals surface area (Å²) in [5, 5.41) is 3.54. The number of amides is 2. The van der Waals surface area contributed by atoms with Crippen LogP contribution in [0.2, 0.25) is 5.02 Å². The second-order valence-corrected chi connectivity index (χ2v) is 10.4. The lowest BCUT2D eigenvalue weighted by Gasteiger charge is -2.31. The van der Waals surface area contributed by atoms with Gasteiger partial charge in [-0.1, -0.05) is 77.8 Å². The molecule has 6 nitrogen and oxygen atoms in total. The average Bonchev–Trinajstić information content (AvgIpc) is 2.99. The molecule has 0 saturated carbocycles. The number of rotatable bonds is 13. The number of hydrogen-bond donors (Lipinski definition) is 1. The van der Waals surface area contributed by atoms with Crippen molar-refractivity contribution in [2.45, 2.75) is 51.1 Å². The van der Waals surface area contributed by atoms with Crippen LogP contribution in [0.4, 0.5) is 0 Å². The summed E-state index contributed by atoms with van der Waals surface area (Å²) < 4.78 is 11.1. The SMILES string of the molecule is COc1ccc(CN(C(=O)COc2ccccc2Cl)C(Cc2ccccc2)C(=O)NCCC2=CCCCC2)cc1. The number of carbonyl (C=O) groups is 2. The first-order chi connectivity index (χ1) is 19.5. The van der Waals surface area contributed by atoms with Crippen molar-refractivity contribution in [3.8, 4) is 11.5 Å². The van der Waals surface area contributed by atoms with Crippen LogP contribution in [0.1, 0.15) is 43.2 Å². The molecule has 0 bridgehead atoms. The van der Waals surface area contributed by atoms with E-state index in [4.69, 9.17) is 21.1 Å². The van der Waals surface area contributed by atoms with E-state index >= 15 is 0 Å². The van der Waals surface area contributed by atoms with E-state index in [0.29, 0.717) is 23.7 Å². The van der Waals surface area contributed by atoms with E-state index in [9.17, 15) is 9.59 Å². The van der Waals surface area contributed by atoms with Gasteiger partial charge in [-0.15, -0.1) is 0 Å². The van der Waals surface area contributed by atoms with Crippen LogP contribution in [-0.2, 0) is 22.6 Å². The number of para-hydroxylation sites is 1. The van der Waals surface area contributed by atoms with Crippen molar-refractivity contribution in [2.75, 3.05) is 20.3 Å². The van der Waals surface area contributed by atoms with E-state index < -0.39 is 6.04 Å². The van der Waals surface area contributed by atoms with Crippen LogP contribution in [0.15, 0.2) is 90.5 Å². The number of ether oxygens (including phenoxy) is 2. The Kier molecular flexibility index (Phi) is 11.1. The number of hydrogen-bond acceptors (Lipinski definition) is 4. The van der Waals surface area contributed by atoms with E-state index in [1.807, 2.05) is 54.6 Å². The van der Waals surface area contributed by atoms with Crippen molar-refractivity contribution in [1.82, 2.24) is 10.2 Å². The van der Waals surface area contributed by atoms with Gasteiger partial charge in [0.05, 0.1) is 12.1 Å². The third-order valence-corrected chi connectivity index (χ3v) is 7.41. The van der Waals surface area contributed by atoms with Crippen molar-refractivity contribution in [1.29, 1.82) is 0 Å². The smallest absolute Gasteiger partial charge is 0.261 e. The summed E-state index contributed by atoms with van der Waals surface area (Å²) in [5.41, 5.74) is 3.24. The molecular formula is C33H37ClN2O4. The first-order valence-corrected chi connectivity index (χ1v) is 14.2. The maximum absolute atomic E-state index is 13.8. The van der Waals surface area contributed by atoms with Gasteiger partial charge in [0.2, 0.25) is 5.91 Å². The van der Waals surface area contributed by atoms with E-state index in [1.54, 1.807) is 36.3 Å². The maximum Gasteiger partial charge on any atom is 0.261 e. The highest BCUT2D eigenvalue weighted by atomic mass is 35.5. The van der Waals surface area contributed by atoms with Gasteiger partial charge >= 0.3 is 0 Å². The summed E-state index contributed by atoms with van der Waals surface area (Å²) in [6, 6.07) is 23.6. The second kappa shape index (κ2) is 15.1. The van der Waals surface area contributed by atoms with Gasteiger partial charge in [0, 0.05) is 19.5 Å². The summed E-state index contributed by atoms with van der Waals surface area (Å²) in [5.74, 6) is 0.660. The van der Waals surface area contributed by atoms with E-state index in [-0.39, 0.29) is 25.0 Å². The van der Waals surface area contributed by atoms with Crippen molar-refractivity contribution < 1.29 is 19.1 Å². The van der Waals surface area contributed by atoms with Crippen LogP contribution in [0, 0.1) is 0 Å². The average molecular weight is 561 g/mol. The highest BCUT2D eigenvalue weighted by molar-refractivity contribution is 6.32. The molecule has 0 aromatic heterocycles. The van der Waals surface area contributed by atoms with Crippen molar-refractivity contribution >= 4 is 23.4 Å². The Balaban J connectivity index is 1.57. The van der Waals surface area contributed by atoms with Crippen LogP contribution >= 0.6 is 11.6 Å². The molecule has 210 valence electrons. The zero-order valence-corrected chi connectivity index (χ0v) is 23.7. The van der Waals surface area contributed by atoms with Crippen molar-refractivity contribution in [2.24, 2.45) is 0 Å². The Labute approximate surface area is 241 Å². The standard InChI is InChI=1S/C33H37ClN2O4/c1-39-28-18-16-27(17-19-28)23-36(32(37)24-40-31-15-9-8-14-29(31)34)30(22-26-12-6-3-7-13-26)33(38)35-21-20-25-10-4-2-5-11-25/h3,6-10,12-19,30H,2,4-5,11,20-24H2,1H3,(H,35,38). The summed E-state index contributed by atoms with van der Waals surface area (Å²) in [6.07, 6.45) is 8.12. The number of allylic oxidation sites excluding steroid dienone is 1. The fraction of sp³-hybridized carbons (Fsp3) is 0.333. The molecule has 4 rings (SSSR count). The quantitative estimate of drug-likeness (QED) is 0.246. The molecule has 1 aliphatic carbocycles. The fourth-order valence-electron chi connectivity index (χ4n) is 4.86. The molecule has 7 heteroatoms. The second-order valence-electron chi connectivity index (χ2n) is 9.94. The topological polar surface area (TPSA) is 67.9 Å². The molecule has 3 aromatic carbocycles. The minimum Gasteiger partial charge on any atom is -0.497 e. The van der Waals surface area contributed by atoms with Crippen molar-refractivity contribution in [3.63, 3.8) is 0 Å². The molecule has 3 aromatic rings. The Bertz CT molecular complexity index is 1280. The molecule has 0 aliphatic heterocycles. The van der Waals surface area contributed by atoms with Crippen LogP contribution in [0.3, 0.4) is 0 Å². The fourth-order valence-corrected chi connectivity index (χ4v) is 5.05. The molecule has 40 heavy (non-hydrogen) atoms. The van der Waals surface area contributed by atoms with Crippen LogP contribution < -0.4 is 14.8 Å². The predicted octanol–water partition coefficient (Wildman–Crippen LogP) is 6.37. The van der Waals surface area contributed by atoms with Crippen molar-refractivity contribution in [3.05, 3.63) is 107 Å². The summed E-state index contributed by atoms with van der Waals surface area (Å²) >= 11 is 6.26. The lowest BCUT2D eigenvalue weighted by Crippen LogP contribution is -2.51. The third-order valence-electron chi connectivity index (χ3n) is 7.10. The minimum atomic E-state index is -0.729. The summed E-state index contributed by atoms with van der Waals surface area (Å²) in [6.45, 7) is 0.534. The van der Waals surface area contributed by atoms with E-state index in [0.717, 1.165) is 36.1 Å². The molecule has 0 fully saturated rings. The molecule has 2 amide bonds. The van der Waals surface area contributed by atoms with Gasteiger partial charge in [-0.25, -0.2) is 0 Å². The van der Waals surface area contributed by atoms with Gasteiger partial charge in [0.15, 0.2) is 6.61 Å². The number of nitrogens with one attached hydrogen (secondary N) is 1. The Morgan fingerprint density at radius 2 is 1.70 bits per heavy atom. The summed E-state index contributed by atoms with van der Waals surface area (Å²) in [7, 11) is 1.61.